The van der Waals surface area contributed by atoms with Crippen molar-refractivity contribution >= 4 is 11.9 Å². The Balaban J connectivity index is 2.04. The Kier molecular flexibility index (Phi) is 2.23. The zero-order valence-corrected chi connectivity index (χ0v) is 10.5. The average molecular weight is 236 g/mol. The number of piperidine rings is 3. The minimum atomic E-state index is -0.359. The van der Waals surface area contributed by atoms with E-state index in [-0.39, 0.29) is 17.6 Å². The predicted molar refractivity (Wildman–Crippen MR) is 65.1 cm³/mol. The molecule has 2 N–H and O–H groups in total. The molecule has 17 heavy (non-hydrogen) atoms. The highest BCUT2D eigenvalue weighted by molar-refractivity contribution is 6.09. The minimum Gasteiger partial charge on any atom is -0.308 e. The van der Waals surface area contributed by atoms with Crippen LogP contribution in [0.1, 0.15) is 26.7 Å². The van der Waals surface area contributed by atoms with Gasteiger partial charge in [-0.05, 0) is 45.7 Å². The fourth-order valence-electron chi connectivity index (χ4n) is 3.87. The third-order valence-corrected chi connectivity index (χ3v) is 4.56. The molecule has 2 amide bonds. The van der Waals surface area contributed by atoms with Crippen molar-refractivity contribution in [2.45, 2.75) is 38.3 Å². The maximum atomic E-state index is 12.0. The molecule has 4 aliphatic rings. The summed E-state index contributed by atoms with van der Waals surface area (Å²) in [6.45, 7) is 7.17. The van der Waals surface area contributed by atoms with Crippen molar-refractivity contribution in [3.8, 4) is 0 Å². The molecule has 0 aliphatic carbocycles. The topological polar surface area (TPSA) is 59.4 Å². The molecular weight excluding hydrogens is 216 g/mol. The normalized spacial score (nSPS) is 40.5. The fourth-order valence-corrected chi connectivity index (χ4v) is 3.87. The van der Waals surface area contributed by atoms with Gasteiger partial charge in [0.25, 0.3) is 0 Å². The molecule has 0 aromatic rings. The summed E-state index contributed by atoms with van der Waals surface area (Å²) in [5, 5.41) is 10.9. The van der Waals surface area contributed by atoms with Gasteiger partial charge in [-0.25, -0.2) is 4.79 Å². The summed E-state index contributed by atoms with van der Waals surface area (Å²) in [7, 11) is 0. The van der Waals surface area contributed by atoms with Crippen molar-refractivity contribution in [3.05, 3.63) is 0 Å². The Bertz CT molecular complexity index is 373. The highest BCUT2D eigenvalue weighted by Gasteiger charge is 2.59. The van der Waals surface area contributed by atoms with Crippen LogP contribution in [0.5, 0.6) is 0 Å². The highest BCUT2D eigenvalue weighted by atomic mass is 16.2. The molecular formula is C12H20N4O. The quantitative estimate of drug-likeness (QED) is 0.709. The van der Waals surface area contributed by atoms with Gasteiger partial charge in [-0.3, -0.25) is 10.7 Å². The maximum Gasteiger partial charge on any atom is 0.323 e. The second kappa shape index (κ2) is 3.45. The van der Waals surface area contributed by atoms with Crippen LogP contribution in [-0.4, -0.2) is 52.9 Å². The van der Waals surface area contributed by atoms with E-state index in [0.29, 0.717) is 11.8 Å². The first-order valence-electron chi connectivity index (χ1n) is 6.47. The molecule has 0 aromatic heterocycles. The van der Waals surface area contributed by atoms with E-state index in [4.69, 9.17) is 5.41 Å². The Morgan fingerprint density at radius 2 is 2.06 bits per heavy atom. The summed E-state index contributed by atoms with van der Waals surface area (Å²) < 4.78 is 0. The molecule has 1 spiro atoms. The van der Waals surface area contributed by atoms with E-state index in [0.717, 1.165) is 32.5 Å². The van der Waals surface area contributed by atoms with Gasteiger partial charge in [0.1, 0.15) is 11.4 Å². The van der Waals surface area contributed by atoms with Gasteiger partial charge in [0.15, 0.2) is 0 Å². The fraction of sp³-hybridized carbons (Fsp3) is 0.833. The molecule has 0 radical (unpaired) electrons. The molecule has 1 atom stereocenters. The largest absolute Gasteiger partial charge is 0.323 e. The Morgan fingerprint density at radius 3 is 2.53 bits per heavy atom. The lowest BCUT2D eigenvalue weighted by Crippen LogP contribution is -2.69. The summed E-state index contributed by atoms with van der Waals surface area (Å²) in [6.07, 6.45) is 2.22. The lowest BCUT2D eigenvalue weighted by atomic mass is 9.71. The van der Waals surface area contributed by atoms with E-state index in [9.17, 15) is 4.79 Å². The molecule has 2 bridgehead atoms. The molecule has 4 rings (SSSR count). The van der Waals surface area contributed by atoms with Crippen LogP contribution in [0.4, 0.5) is 4.79 Å². The summed E-state index contributed by atoms with van der Waals surface area (Å²) >= 11 is 0. The monoisotopic (exact) mass is 236 g/mol. The lowest BCUT2D eigenvalue weighted by Gasteiger charge is -2.54. The standard InChI is InChI=1S/C12H20N4O/c1-8(2)16-11(17)14-10(13)12(16)7-15-5-3-9(12)4-6-15/h8-9H,3-7H2,1-2H3,(H2,13,14,17). The molecule has 5 nitrogen and oxygen atoms in total. The second-order valence-corrected chi connectivity index (χ2v) is 5.74. The molecule has 1 unspecified atom stereocenters. The Labute approximate surface area is 102 Å². The van der Waals surface area contributed by atoms with Gasteiger partial charge in [-0.2, -0.15) is 0 Å². The van der Waals surface area contributed by atoms with Gasteiger partial charge < -0.3 is 9.80 Å². The number of amidine groups is 1. The van der Waals surface area contributed by atoms with Crippen molar-refractivity contribution in [1.29, 1.82) is 5.41 Å². The van der Waals surface area contributed by atoms with Gasteiger partial charge >= 0.3 is 6.03 Å². The van der Waals surface area contributed by atoms with E-state index in [1.54, 1.807) is 0 Å². The summed E-state index contributed by atoms with van der Waals surface area (Å²) in [6, 6.07) is 0.0668. The van der Waals surface area contributed by atoms with E-state index in [1.807, 2.05) is 18.7 Å². The minimum absolute atomic E-state index is 0.0845. The summed E-state index contributed by atoms with van der Waals surface area (Å²) in [4.78, 5) is 16.3. The second-order valence-electron chi connectivity index (χ2n) is 5.74. The molecule has 4 heterocycles. The van der Waals surface area contributed by atoms with E-state index < -0.39 is 0 Å². The van der Waals surface area contributed by atoms with Crippen molar-refractivity contribution in [1.82, 2.24) is 15.1 Å². The van der Waals surface area contributed by atoms with Crippen LogP contribution in [0.25, 0.3) is 0 Å². The zero-order chi connectivity index (χ0) is 12.2. The van der Waals surface area contributed by atoms with Crippen molar-refractivity contribution in [3.63, 3.8) is 0 Å². The number of nitrogens with zero attached hydrogens (tertiary/aromatic N) is 2. The van der Waals surface area contributed by atoms with Gasteiger partial charge in [-0.1, -0.05) is 0 Å². The number of hydrogen-bond donors (Lipinski definition) is 2. The molecule has 4 aliphatic heterocycles. The smallest absolute Gasteiger partial charge is 0.308 e. The van der Waals surface area contributed by atoms with Crippen LogP contribution in [0.3, 0.4) is 0 Å². The predicted octanol–water partition coefficient (Wildman–Crippen LogP) is 0.862. The van der Waals surface area contributed by atoms with E-state index in [2.05, 4.69) is 10.2 Å². The SMILES string of the molecule is CC(C)N1C(=O)NC(=N)C12CN1CCC2CC1. The number of rotatable bonds is 1. The van der Waals surface area contributed by atoms with Gasteiger partial charge in [0.2, 0.25) is 0 Å². The lowest BCUT2D eigenvalue weighted by molar-refractivity contribution is -0.0136. The molecule has 94 valence electrons. The number of hydrogen-bond acceptors (Lipinski definition) is 3. The first-order chi connectivity index (χ1) is 8.05. The van der Waals surface area contributed by atoms with E-state index in [1.165, 1.54) is 0 Å². The van der Waals surface area contributed by atoms with Crippen LogP contribution in [0, 0.1) is 11.3 Å². The summed E-state index contributed by atoms with van der Waals surface area (Å²) in [5.41, 5.74) is -0.359. The molecule has 4 fully saturated rings. The van der Waals surface area contributed by atoms with Crippen LogP contribution in [0.15, 0.2) is 0 Å². The van der Waals surface area contributed by atoms with Gasteiger partial charge in [0.05, 0.1) is 0 Å². The van der Waals surface area contributed by atoms with Gasteiger partial charge in [0, 0.05) is 12.6 Å². The average Bonchev–Trinajstić information content (AvgIpc) is 2.52. The van der Waals surface area contributed by atoms with Crippen LogP contribution >= 0.6 is 0 Å². The molecule has 0 saturated carbocycles. The van der Waals surface area contributed by atoms with Crippen molar-refractivity contribution < 1.29 is 4.79 Å². The number of fused-ring (bicyclic) bond motifs is 2. The number of nitrogens with one attached hydrogen (secondary N) is 2. The van der Waals surface area contributed by atoms with E-state index >= 15 is 0 Å². The van der Waals surface area contributed by atoms with Crippen LogP contribution < -0.4 is 5.32 Å². The Morgan fingerprint density at radius 1 is 1.41 bits per heavy atom. The third kappa shape index (κ3) is 1.29. The summed E-state index contributed by atoms with van der Waals surface area (Å²) in [5.74, 6) is 0.881. The maximum absolute atomic E-state index is 12.0. The van der Waals surface area contributed by atoms with Crippen molar-refractivity contribution in [2.24, 2.45) is 5.92 Å². The third-order valence-electron chi connectivity index (χ3n) is 4.56. The molecule has 4 saturated heterocycles. The number of amides is 2. The van der Waals surface area contributed by atoms with Crippen molar-refractivity contribution in [2.75, 3.05) is 19.6 Å². The molecule has 0 aromatic carbocycles. The molecule has 5 heteroatoms. The van der Waals surface area contributed by atoms with Crippen LogP contribution in [0.2, 0.25) is 0 Å². The number of carbonyl (C=O) groups is 1. The number of carbonyl (C=O) groups excluding carboxylic acids is 1. The number of urea groups is 1. The Hall–Kier alpha value is -1.10. The highest BCUT2D eigenvalue weighted by Crippen LogP contribution is 2.43. The first-order valence-corrected chi connectivity index (χ1v) is 6.47. The van der Waals surface area contributed by atoms with Gasteiger partial charge in [-0.15, -0.1) is 0 Å². The first kappa shape index (κ1) is 11.0. The van der Waals surface area contributed by atoms with Crippen LogP contribution in [-0.2, 0) is 0 Å². The zero-order valence-electron chi connectivity index (χ0n) is 10.5.